The molecule has 1 atom stereocenters. The van der Waals surface area contributed by atoms with Crippen LogP contribution in [0.15, 0.2) is 30.5 Å². The normalized spacial score (nSPS) is 12.9. The highest BCUT2D eigenvalue weighted by Gasteiger charge is 2.11. The fraction of sp³-hybridized carbons (Fsp3) is 0.471. The number of rotatable bonds is 6. The molecule has 1 heterocycles. The fourth-order valence-electron chi connectivity index (χ4n) is 2.24. The van der Waals surface area contributed by atoms with Gasteiger partial charge in [0.05, 0.1) is 5.69 Å². The standard InChI is InChI=1S/C17H24FN3/c1-5-9-19-13(4)14-6-7-17(15(18)11-14)21-10-8-16(20-21)12(2)3/h6-8,10-13,19H,5,9H2,1-4H3. The first-order valence-corrected chi connectivity index (χ1v) is 7.61. The zero-order chi connectivity index (χ0) is 15.4. The van der Waals surface area contributed by atoms with Crippen molar-refractivity contribution in [3.8, 4) is 5.69 Å². The summed E-state index contributed by atoms with van der Waals surface area (Å²) in [5.41, 5.74) is 2.42. The third-order valence-electron chi connectivity index (χ3n) is 3.62. The summed E-state index contributed by atoms with van der Waals surface area (Å²) in [5.74, 6) is 0.0999. The quantitative estimate of drug-likeness (QED) is 0.864. The molecule has 2 aromatic rings. The second kappa shape index (κ2) is 6.85. The Morgan fingerprint density at radius 1 is 1.24 bits per heavy atom. The molecule has 1 aromatic heterocycles. The average Bonchev–Trinajstić information content (AvgIpc) is 2.94. The molecule has 1 unspecified atom stereocenters. The summed E-state index contributed by atoms with van der Waals surface area (Å²) >= 11 is 0. The molecule has 21 heavy (non-hydrogen) atoms. The maximum absolute atomic E-state index is 14.3. The topological polar surface area (TPSA) is 29.9 Å². The van der Waals surface area contributed by atoms with E-state index in [1.807, 2.05) is 18.3 Å². The number of aromatic nitrogens is 2. The largest absolute Gasteiger partial charge is 0.310 e. The third kappa shape index (κ3) is 3.70. The van der Waals surface area contributed by atoms with Crippen molar-refractivity contribution in [2.24, 2.45) is 0 Å². The van der Waals surface area contributed by atoms with E-state index in [0.29, 0.717) is 11.6 Å². The van der Waals surface area contributed by atoms with Gasteiger partial charge in [-0.05, 0) is 49.6 Å². The Labute approximate surface area is 126 Å². The minimum absolute atomic E-state index is 0.150. The summed E-state index contributed by atoms with van der Waals surface area (Å²) in [6.45, 7) is 9.25. The van der Waals surface area contributed by atoms with Crippen LogP contribution in [0.4, 0.5) is 4.39 Å². The number of hydrogen-bond donors (Lipinski definition) is 1. The molecule has 0 radical (unpaired) electrons. The number of hydrogen-bond acceptors (Lipinski definition) is 2. The number of nitrogens with zero attached hydrogens (tertiary/aromatic N) is 2. The molecule has 1 N–H and O–H groups in total. The molecule has 0 fully saturated rings. The van der Waals surface area contributed by atoms with E-state index in [1.165, 1.54) is 0 Å². The van der Waals surface area contributed by atoms with E-state index in [4.69, 9.17) is 0 Å². The highest BCUT2D eigenvalue weighted by molar-refractivity contribution is 5.37. The number of halogens is 1. The van der Waals surface area contributed by atoms with Crippen molar-refractivity contribution in [3.63, 3.8) is 0 Å². The first-order valence-electron chi connectivity index (χ1n) is 7.61. The van der Waals surface area contributed by atoms with Crippen LogP contribution in [0.1, 0.15) is 57.3 Å². The van der Waals surface area contributed by atoms with E-state index in [9.17, 15) is 4.39 Å². The lowest BCUT2D eigenvalue weighted by Crippen LogP contribution is -2.19. The van der Waals surface area contributed by atoms with Gasteiger partial charge in [-0.1, -0.05) is 26.8 Å². The van der Waals surface area contributed by atoms with Gasteiger partial charge in [-0.25, -0.2) is 9.07 Å². The predicted molar refractivity (Wildman–Crippen MR) is 84.3 cm³/mol. The van der Waals surface area contributed by atoms with E-state index in [1.54, 1.807) is 16.8 Å². The van der Waals surface area contributed by atoms with Crippen molar-refractivity contribution in [2.75, 3.05) is 6.54 Å². The first kappa shape index (κ1) is 15.7. The van der Waals surface area contributed by atoms with Crippen LogP contribution in [-0.2, 0) is 0 Å². The van der Waals surface area contributed by atoms with Crippen LogP contribution < -0.4 is 5.32 Å². The minimum Gasteiger partial charge on any atom is -0.310 e. The van der Waals surface area contributed by atoms with Crippen LogP contribution in [0.25, 0.3) is 5.69 Å². The van der Waals surface area contributed by atoms with Crippen molar-refractivity contribution in [1.29, 1.82) is 0 Å². The monoisotopic (exact) mass is 289 g/mol. The molecule has 4 heteroatoms. The van der Waals surface area contributed by atoms with Crippen LogP contribution in [0, 0.1) is 5.82 Å². The fourth-order valence-corrected chi connectivity index (χ4v) is 2.24. The Morgan fingerprint density at radius 3 is 2.57 bits per heavy atom. The summed E-state index contributed by atoms with van der Waals surface area (Å²) in [7, 11) is 0. The lowest BCUT2D eigenvalue weighted by Gasteiger charge is -2.14. The SMILES string of the molecule is CCCNC(C)c1ccc(-n2ccc(C(C)C)n2)c(F)c1. The molecule has 0 amide bonds. The Bertz CT molecular complexity index is 589. The Hall–Kier alpha value is -1.68. The van der Waals surface area contributed by atoms with Gasteiger partial charge in [-0.3, -0.25) is 0 Å². The lowest BCUT2D eigenvalue weighted by atomic mass is 10.1. The van der Waals surface area contributed by atoms with Gasteiger partial charge in [-0.15, -0.1) is 0 Å². The van der Waals surface area contributed by atoms with Crippen LogP contribution in [-0.4, -0.2) is 16.3 Å². The molecule has 0 saturated heterocycles. The van der Waals surface area contributed by atoms with E-state index in [2.05, 4.69) is 38.1 Å². The van der Waals surface area contributed by atoms with E-state index in [0.717, 1.165) is 24.2 Å². The highest BCUT2D eigenvalue weighted by atomic mass is 19.1. The van der Waals surface area contributed by atoms with Gasteiger partial charge in [0.25, 0.3) is 0 Å². The molecular formula is C17H24FN3. The summed E-state index contributed by atoms with van der Waals surface area (Å²) in [4.78, 5) is 0. The van der Waals surface area contributed by atoms with Gasteiger partial charge in [-0.2, -0.15) is 5.10 Å². The highest BCUT2D eigenvalue weighted by Crippen LogP contribution is 2.20. The molecule has 0 aliphatic heterocycles. The van der Waals surface area contributed by atoms with Crippen LogP contribution in [0.3, 0.4) is 0 Å². The van der Waals surface area contributed by atoms with Crippen molar-refractivity contribution < 1.29 is 4.39 Å². The molecule has 0 spiro atoms. The van der Waals surface area contributed by atoms with Gasteiger partial charge in [0, 0.05) is 12.2 Å². The van der Waals surface area contributed by atoms with E-state index >= 15 is 0 Å². The lowest BCUT2D eigenvalue weighted by molar-refractivity contribution is 0.559. The van der Waals surface area contributed by atoms with Crippen molar-refractivity contribution in [2.45, 2.75) is 46.1 Å². The van der Waals surface area contributed by atoms with Crippen LogP contribution in [0.5, 0.6) is 0 Å². The molecule has 0 aliphatic rings. The van der Waals surface area contributed by atoms with Gasteiger partial charge in [0.2, 0.25) is 0 Å². The minimum atomic E-state index is -0.240. The maximum Gasteiger partial charge on any atom is 0.149 e. The molecule has 0 aliphatic carbocycles. The maximum atomic E-state index is 14.3. The summed E-state index contributed by atoms with van der Waals surface area (Å²) in [5, 5.41) is 7.79. The second-order valence-electron chi connectivity index (χ2n) is 5.73. The number of benzene rings is 1. The molecule has 2 rings (SSSR count). The third-order valence-corrected chi connectivity index (χ3v) is 3.62. The molecule has 3 nitrogen and oxygen atoms in total. The van der Waals surface area contributed by atoms with Gasteiger partial charge < -0.3 is 5.32 Å². The van der Waals surface area contributed by atoms with E-state index in [-0.39, 0.29) is 11.9 Å². The van der Waals surface area contributed by atoms with Gasteiger partial charge in [0.1, 0.15) is 11.5 Å². The number of nitrogens with one attached hydrogen (secondary N) is 1. The van der Waals surface area contributed by atoms with Crippen molar-refractivity contribution in [1.82, 2.24) is 15.1 Å². The molecule has 0 saturated carbocycles. The Morgan fingerprint density at radius 2 is 2.00 bits per heavy atom. The summed E-state index contributed by atoms with van der Waals surface area (Å²) in [6.07, 6.45) is 2.88. The average molecular weight is 289 g/mol. The molecule has 114 valence electrons. The van der Waals surface area contributed by atoms with Crippen LogP contribution in [0.2, 0.25) is 0 Å². The van der Waals surface area contributed by atoms with Crippen molar-refractivity contribution >= 4 is 0 Å². The zero-order valence-electron chi connectivity index (χ0n) is 13.2. The van der Waals surface area contributed by atoms with Crippen LogP contribution >= 0.6 is 0 Å². The van der Waals surface area contributed by atoms with Gasteiger partial charge >= 0.3 is 0 Å². The summed E-state index contributed by atoms with van der Waals surface area (Å²) < 4.78 is 15.9. The van der Waals surface area contributed by atoms with E-state index < -0.39 is 0 Å². The first-order chi connectivity index (χ1) is 10.0. The smallest absolute Gasteiger partial charge is 0.149 e. The second-order valence-corrected chi connectivity index (χ2v) is 5.73. The van der Waals surface area contributed by atoms with Crippen molar-refractivity contribution in [3.05, 3.63) is 47.5 Å². The molecule has 1 aromatic carbocycles. The van der Waals surface area contributed by atoms with Gasteiger partial charge in [0.15, 0.2) is 0 Å². The Kier molecular flexibility index (Phi) is 5.12. The summed E-state index contributed by atoms with van der Waals surface area (Å²) in [6, 6.07) is 7.44. The molecular weight excluding hydrogens is 265 g/mol. The Balaban J connectivity index is 2.22. The zero-order valence-corrected chi connectivity index (χ0v) is 13.2. The predicted octanol–water partition coefficient (Wildman–Crippen LogP) is 4.20. The molecule has 0 bridgehead atoms.